The molecule has 2 unspecified atom stereocenters. The Balaban J connectivity index is 1.89. The van der Waals surface area contributed by atoms with E-state index in [0.717, 1.165) is 18.2 Å². The van der Waals surface area contributed by atoms with Crippen LogP contribution < -0.4 is 10.5 Å². The van der Waals surface area contributed by atoms with Gasteiger partial charge in [-0.3, -0.25) is 0 Å². The van der Waals surface area contributed by atoms with Gasteiger partial charge in [0, 0.05) is 19.1 Å². The van der Waals surface area contributed by atoms with Crippen molar-refractivity contribution < 1.29 is 4.74 Å². The van der Waals surface area contributed by atoms with Crippen LogP contribution in [0, 0.1) is 5.92 Å². The van der Waals surface area contributed by atoms with Crippen molar-refractivity contribution in [3.8, 4) is 5.75 Å². The number of ether oxygens (including phenoxy) is 1. The SMILES string of the molecule is CCC1CCCN(CC(N)c2ccc(OC(C)C)cc2)C1. The maximum atomic E-state index is 6.38. The van der Waals surface area contributed by atoms with Crippen LogP contribution in [-0.2, 0) is 0 Å². The van der Waals surface area contributed by atoms with Crippen molar-refractivity contribution in [3.05, 3.63) is 29.8 Å². The molecule has 1 heterocycles. The molecular formula is C18H30N2O. The molecule has 2 atom stereocenters. The minimum atomic E-state index is 0.0914. The Kier molecular flexibility index (Phi) is 6.07. The summed E-state index contributed by atoms with van der Waals surface area (Å²) in [7, 11) is 0. The van der Waals surface area contributed by atoms with Crippen LogP contribution >= 0.6 is 0 Å². The van der Waals surface area contributed by atoms with Crippen LogP contribution in [0.3, 0.4) is 0 Å². The van der Waals surface area contributed by atoms with Crippen LogP contribution in [-0.4, -0.2) is 30.6 Å². The normalized spacial score (nSPS) is 21.5. The Morgan fingerprint density at radius 2 is 2.00 bits per heavy atom. The molecule has 1 aromatic rings. The number of nitrogens with zero attached hydrogens (tertiary/aromatic N) is 1. The second-order valence-electron chi connectivity index (χ2n) is 6.52. The van der Waals surface area contributed by atoms with Gasteiger partial charge >= 0.3 is 0 Å². The van der Waals surface area contributed by atoms with Crippen LogP contribution in [0.15, 0.2) is 24.3 Å². The van der Waals surface area contributed by atoms with Crippen molar-refractivity contribution >= 4 is 0 Å². The summed E-state index contributed by atoms with van der Waals surface area (Å²) in [5, 5.41) is 0. The van der Waals surface area contributed by atoms with Gasteiger partial charge in [-0.2, -0.15) is 0 Å². The van der Waals surface area contributed by atoms with Gasteiger partial charge in [0.15, 0.2) is 0 Å². The Hall–Kier alpha value is -1.06. The summed E-state index contributed by atoms with van der Waals surface area (Å²) in [4.78, 5) is 2.53. The van der Waals surface area contributed by atoms with E-state index in [1.165, 1.54) is 37.9 Å². The number of hydrogen-bond acceptors (Lipinski definition) is 3. The van der Waals surface area contributed by atoms with Crippen LogP contribution in [0.25, 0.3) is 0 Å². The van der Waals surface area contributed by atoms with Crippen LogP contribution in [0.2, 0.25) is 0 Å². The zero-order chi connectivity index (χ0) is 15.2. The lowest BCUT2D eigenvalue weighted by Gasteiger charge is -2.33. The minimum absolute atomic E-state index is 0.0914. The summed E-state index contributed by atoms with van der Waals surface area (Å²) in [6.45, 7) is 9.74. The highest BCUT2D eigenvalue weighted by atomic mass is 16.5. The third kappa shape index (κ3) is 5.01. The van der Waals surface area contributed by atoms with E-state index in [-0.39, 0.29) is 12.1 Å². The van der Waals surface area contributed by atoms with Crippen LogP contribution in [0.1, 0.15) is 51.6 Å². The maximum Gasteiger partial charge on any atom is 0.119 e. The van der Waals surface area contributed by atoms with Crippen LogP contribution in [0.4, 0.5) is 0 Å². The molecule has 118 valence electrons. The van der Waals surface area contributed by atoms with Crippen molar-refractivity contribution in [1.29, 1.82) is 0 Å². The molecule has 2 N–H and O–H groups in total. The highest BCUT2D eigenvalue weighted by Crippen LogP contribution is 2.22. The monoisotopic (exact) mass is 290 g/mol. The van der Waals surface area contributed by atoms with E-state index in [2.05, 4.69) is 24.0 Å². The van der Waals surface area contributed by atoms with E-state index in [1.807, 2.05) is 26.0 Å². The molecule has 3 heteroatoms. The zero-order valence-electron chi connectivity index (χ0n) is 13.7. The third-order valence-electron chi connectivity index (χ3n) is 4.32. The van der Waals surface area contributed by atoms with Crippen molar-refractivity contribution in [1.82, 2.24) is 4.90 Å². The predicted octanol–water partition coefficient (Wildman–Crippen LogP) is 3.60. The van der Waals surface area contributed by atoms with E-state index in [0.29, 0.717) is 0 Å². The fourth-order valence-corrected chi connectivity index (χ4v) is 3.10. The van der Waals surface area contributed by atoms with Gasteiger partial charge in [-0.05, 0) is 56.8 Å². The number of likely N-dealkylation sites (tertiary alicyclic amines) is 1. The summed E-state index contributed by atoms with van der Waals surface area (Å²) in [5.41, 5.74) is 7.58. The van der Waals surface area contributed by atoms with Crippen LogP contribution in [0.5, 0.6) is 5.75 Å². The molecule has 0 amide bonds. The van der Waals surface area contributed by atoms with Crippen molar-refractivity contribution in [2.45, 2.75) is 52.2 Å². The summed E-state index contributed by atoms with van der Waals surface area (Å²) >= 11 is 0. The summed E-state index contributed by atoms with van der Waals surface area (Å²) in [5.74, 6) is 1.78. The first-order chi connectivity index (χ1) is 10.1. The molecule has 0 bridgehead atoms. The number of hydrogen-bond donors (Lipinski definition) is 1. The molecular weight excluding hydrogens is 260 g/mol. The average Bonchev–Trinajstić information content (AvgIpc) is 2.47. The molecule has 0 aromatic heterocycles. The molecule has 0 spiro atoms. The zero-order valence-corrected chi connectivity index (χ0v) is 13.7. The summed E-state index contributed by atoms with van der Waals surface area (Å²) < 4.78 is 5.68. The van der Waals surface area contributed by atoms with Gasteiger partial charge in [0.1, 0.15) is 5.75 Å². The lowest BCUT2D eigenvalue weighted by Crippen LogP contribution is -2.39. The standard InChI is InChI=1S/C18H30N2O/c1-4-15-6-5-11-20(12-15)13-18(19)16-7-9-17(10-8-16)21-14(2)3/h7-10,14-15,18H,4-6,11-13,19H2,1-3H3. The minimum Gasteiger partial charge on any atom is -0.491 e. The average molecular weight is 290 g/mol. The molecule has 0 saturated carbocycles. The van der Waals surface area contributed by atoms with Gasteiger partial charge in [-0.1, -0.05) is 25.5 Å². The van der Waals surface area contributed by atoms with E-state index >= 15 is 0 Å². The first-order valence-corrected chi connectivity index (χ1v) is 8.33. The molecule has 3 nitrogen and oxygen atoms in total. The van der Waals surface area contributed by atoms with E-state index in [4.69, 9.17) is 10.5 Å². The number of benzene rings is 1. The molecule has 0 aliphatic carbocycles. The van der Waals surface area contributed by atoms with E-state index in [9.17, 15) is 0 Å². The smallest absolute Gasteiger partial charge is 0.119 e. The maximum absolute atomic E-state index is 6.38. The van der Waals surface area contributed by atoms with Crippen molar-refractivity contribution in [2.75, 3.05) is 19.6 Å². The van der Waals surface area contributed by atoms with Gasteiger partial charge < -0.3 is 15.4 Å². The first kappa shape index (κ1) is 16.3. The quantitative estimate of drug-likeness (QED) is 0.870. The van der Waals surface area contributed by atoms with Gasteiger partial charge in [0.25, 0.3) is 0 Å². The summed E-state index contributed by atoms with van der Waals surface area (Å²) in [6, 6.07) is 8.35. The highest BCUT2D eigenvalue weighted by molar-refractivity contribution is 5.29. The molecule has 0 radical (unpaired) electrons. The first-order valence-electron chi connectivity index (χ1n) is 8.33. The van der Waals surface area contributed by atoms with Gasteiger partial charge in [-0.25, -0.2) is 0 Å². The molecule has 1 fully saturated rings. The number of nitrogens with two attached hydrogens (primary N) is 1. The molecule has 1 aromatic carbocycles. The van der Waals surface area contributed by atoms with E-state index in [1.54, 1.807) is 0 Å². The van der Waals surface area contributed by atoms with Gasteiger partial charge in [-0.15, -0.1) is 0 Å². The molecule has 21 heavy (non-hydrogen) atoms. The van der Waals surface area contributed by atoms with Gasteiger partial charge in [0.2, 0.25) is 0 Å². The molecule has 1 aliphatic rings. The largest absolute Gasteiger partial charge is 0.491 e. The van der Waals surface area contributed by atoms with E-state index < -0.39 is 0 Å². The van der Waals surface area contributed by atoms with Crippen molar-refractivity contribution in [3.63, 3.8) is 0 Å². The summed E-state index contributed by atoms with van der Waals surface area (Å²) in [6.07, 6.45) is 4.19. The Morgan fingerprint density at radius 1 is 1.29 bits per heavy atom. The molecule has 1 aliphatic heterocycles. The topological polar surface area (TPSA) is 38.5 Å². The Bertz CT molecular complexity index is 416. The number of piperidine rings is 1. The lowest BCUT2D eigenvalue weighted by atomic mass is 9.95. The molecule has 1 saturated heterocycles. The fraction of sp³-hybridized carbons (Fsp3) is 0.667. The third-order valence-corrected chi connectivity index (χ3v) is 4.32. The molecule has 2 rings (SSSR count). The second kappa shape index (κ2) is 7.81. The van der Waals surface area contributed by atoms with Crippen molar-refractivity contribution in [2.24, 2.45) is 11.7 Å². The van der Waals surface area contributed by atoms with Gasteiger partial charge in [0.05, 0.1) is 6.10 Å². The highest BCUT2D eigenvalue weighted by Gasteiger charge is 2.20. The number of rotatable bonds is 6. The lowest BCUT2D eigenvalue weighted by molar-refractivity contribution is 0.163. The Morgan fingerprint density at radius 3 is 2.62 bits per heavy atom. The fourth-order valence-electron chi connectivity index (χ4n) is 3.10. The second-order valence-corrected chi connectivity index (χ2v) is 6.52. The predicted molar refractivity (Wildman–Crippen MR) is 88.6 cm³/mol. The Labute approximate surface area is 129 Å².